The van der Waals surface area contributed by atoms with Gasteiger partial charge in [-0.15, -0.1) is 0 Å². The maximum absolute atomic E-state index is 8.97. The standard InChI is InChI=1S/C12H16O4/c1-2-14-11-6-4-3-5-10(11)12-15-8-9(7-13)16-12/h3-6,9,12-13H,2,7-8H2,1H3. The molecule has 2 rings (SSSR count). The van der Waals surface area contributed by atoms with E-state index in [-0.39, 0.29) is 12.7 Å². The van der Waals surface area contributed by atoms with Crippen molar-refractivity contribution in [3.05, 3.63) is 29.8 Å². The average Bonchev–Trinajstić information content (AvgIpc) is 2.79. The van der Waals surface area contributed by atoms with Gasteiger partial charge in [-0.05, 0) is 13.0 Å². The Morgan fingerprint density at radius 2 is 2.25 bits per heavy atom. The van der Waals surface area contributed by atoms with Crippen molar-refractivity contribution in [2.45, 2.75) is 19.3 Å². The minimum atomic E-state index is -0.431. The van der Waals surface area contributed by atoms with Crippen molar-refractivity contribution in [3.63, 3.8) is 0 Å². The van der Waals surface area contributed by atoms with E-state index >= 15 is 0 Å². The molecule has 1 heterocycles. The number of aliphatic hydroxyl groups is 1. The Balaban J connectivity index is 2.14. The maximum atomic E-state index is 8.97. The lowest BCUT2D eigenvalue weighted by Crippen LogP contribution is -2.14. The predicted molar refractivity (Wildman–Crippen MR) is 58.3 cm³/mol. The maximum Gasteiger partial charge on any atom is 0.188 e. The molecule has 1 aliphatic heterocycles. The van der Waals surface area contributed by atoms with Crippen LogP contribution in [0.5, 0.6) is 5.75 Å². The summed E-state index contributed by atoms with van der Waals surface area (Å²) in [6.45, 7) is 2.94. The summed E-state index contributed by atoms with van der Waals surface area (Å²) in [6.07, 6.45) is -0.667. The number of hydrogen-bond donors (Lipinski definition) is 1. The van der Waals surface area contributed by atoms with Crippen LogP contribution < -0.4 is 4.74 Å². The summed E-state index contributed by atoms with van der Waals surface area (Å²) < 4.78 is 16.5. The molecule has 0 saturated carbocycles. The van der Waals surface area contributed by atoms with Crippen molar-refractivity contribution in [1.82, 2.24) is 0 Å². The van der Waals surface area contributed by atoms with Gasteiger partial charge in [0, 0.05) is 5.56 Å². The van der Waals surface area contributed by atoms with Crippen LogP contribution in [0.25, 0.3) is 0 Å². The van der Waals surface area contributed by atoms with Crippen LogP contribution in [0.15, 0.2) is 24.3 Å². The van der Waals surface area contributed by atoms with Crippen molar-refractivity contribution in [3.8, 4) is 5.75 Å². The highest BCUT2D eigenvalue weighted by atomic mass is 16.7. The van der Waals surface area contributed by atoms with Crippen molar-refractivity contribution in [1.29, 1.82) is 0 Å². The summed E-state index contributed by atoms with van der Waals surface area (Å²) in [7, 11) is 0. The fraction of sp³-hybridized carbons (Fsp3) is 0.500. The molecule has 1 fully saturated rings. The van der Waals surface area contributed by atoms with E-state index in [1.165, 1.54) is 0 Å². The molecule has 1 saturated heterocycles. The first-order valence-corrected chi connectivity index (χ1v) is 5.44. The minimum absolute atomic E-state index is 0.0205. The zero-order chi connectivity index (χ0) is 11.4. The molecule has 16 heavy (non-hydrogen) atoms. The van der Waals surface area contributed by atoms with E-state index in [9.17, 15) is 0 Å². The van der Waals surface area contributed by atoms with Crippen molar-refractivity contribution < 1.29 is 19.3 Å². The van der Waals surface area contributed by atoms with Crippen LogP contribution in [0.3, 0.4) is 0 Å². The Kier molecular flexibility index (Phi) is 3.77. The van der Waals surface area contributed by atoms with Crippen LogP contribution in [0.1, 0.15) is 18.8 Å². The van der Waals surface area contributed by atoms with Crippen LogP contribution >= 0.6 is 0 Å². The molecule has 1 N–H and O–H groups in total. The summed E-state index contributed by atoms with van der Waals surface area (Å²) in [5.41, 5.74) is 0.875. The van der Waals surface area contributed by atoms with E-state index in [0.29, 0.717) is 13.2 Å². The third kappa shape index (κ3) is 2.35. The van der Waals surface area contributed by atoms with Gasteiger partial charge in [-0.2, -0.15) is 0 Å². The average molecular weight is 224 g/mol. The van der Waals surface area contributed by atoms with E-state index in [4.69, 9.17) is 19.3 Å². The second-order valence-electron chi connectivity index (χ2n) is 3.58. The number of ether oxygens (including phenoxy) is 3. The largest absolute Gasteiger partial charge is 0.493 e. The second kappa shape index (κ2) is 5.30. The van der Waals surface area contributed by atoms with Crippen LogP contribution in [-0.4, -0.2) is 31.0 Å². The second-order valence-corrected chi connectivity index (χ2v) is 3.58. The van der Waals surface area contributed by atoms with Gasteiger partial charge in [-0.1, -0.05) is 18.2 Å². The van der Waals surface area contributed by atoms with Crippen LogP contribution in [0.4, 0.5) is 0 Å². The van der Waals surface area contributed by atoms with E-state index in [1.807, 2.05) is 31.2 Å². The first kappa shape index (κ1) is 11.4. The fourth-order valence-electron chi connectivity index (χ4n) is 1.67. The predicted octanol–water partition coefficient (Wildman–Crippen LogP) is 1.49. The van der Waals surface area contributed by atoms with Gasteiger partial charge >= 0.3 is 0 Å². The molecule has 88 valence electrons. The van der Waals surface area contributed by atoms with Gasteiger partial charge < -0.3 is 19.3 Å². The number of aliphatic hydroxyl groups excluding tert-OH is 1. The Bertz CT molecular complexity index is 340. The minimum Gasteiger partial charge on any atom is -0.493 e. The molecular weight excluding hydrogens is 208 g/mol. The van der Waals surface area contributed by atoms with E-state index < -0.39 is 6.29 Å². The molecular formula is C12H16O4. The highest BCUT2D eigenvalue weighted by molar-refractivity contribution is 5.34. The fourth-order valence-corrected chi connectivity index (χ4v) is 1.67. The number of rotatable bonds is 4. The first-order valence-electron chi connectivity index (χ1n) is 5.44. The van der Waals surface area contributed by atoms with E-state index in [2.05, 4.69) is 0 Å². The SMILES string of the molecule is CCOc1ccccc1C1OCC(CO)O1. The van der Waals surface area contributed by atoms with Gasteiger partial charge in [0.1, 0.15) is 11.9 Å². The summed E-state index contributed by atoms with van der Waals surface area (Å²) in [5.74, 6) is 0.772. The lowest BCUT2D eigenvalue weighted by atomic mass is 10.2. The molecule has 2 unspecified atom stereocenters. The zero-order valence-electron chi connectivity index (χ0n) is 9.26. The molecule has 0 radical (unpaired) electrons. The van der Waals surface area contributed by atoms with Gasteiger partial charge in [0.05, 0.1) is 19.8 Å². The lowest BCUT2D eigenvalue weighted by molar-refractivity contribution is -0.0688. The molecule has 4 heteroatoms. The topological polar surface area (TPSA) is 47.9 Å². The normalized spacial score (nSPS) is 24.6. The third-order valence-electron chi connectivity index (χ3n) is 2.43. The summed E-state index contributed by atoms with van der Waals surface area (Å²) in [6, 6.07) is 7.62. The van der Waals surface area contributed by atoms with E-state index in [1.54, 1.807) is 0 Å². The number of benzene rings is 1. The van der Waals surface area contributed by atoms with Crippen molar-refractivity contribution >= 4 is 0 Å². The Labute approximate surface area is 94.8 Å². The summed E-state index contributed by atoms with van der Waals surface area (Å²) in [4.78, 5) is 0. The third-order valence-corrected chi connectivity index (χ3v) is 2.43. The highest BCUT2D eigenvalue weighted by Crippen LogP contribution is 2.32. The van der Waals surface area contributed by atoms with E-state index in [0.717, 1.165) is 11.3 Å². The Morgan fingerprint density at radius 1 is 1.44 bits per heavy atom. The monoisotopic (exact) mass is 224 g/mol. The lowest BCUT2D eigenvalue weighted by Gasteiger charge is -2.15. The molecule has 0 aliphatic carbocycles. The van der Waals surface area contributed by atoms with Crippen molar-refractivity contribution in [2.75, 3.05) is 19.8 Å². The molecule has 4 nitrogen and oxygen atoms in total. The smallest absolute Gasteiger partial charge is 0.188 e. The molecule has 1 aliphatic rings. The van der Waals surface area contributed by atoms with Gasteiger partial charge in [0.25, 0.3) is 0 Å². The molecule has 1 aromatic carbocycles. The summed E-state index contributed by atoms with van der Waals surface area (Å²) in [5, 5.41) is 8.97. The van der Waals surface area contributed by atoms with Gasteiger partial charge in [0.15, 0.2) is 6.29 Å². The van der Waals surface area contributed by atoms with Crippen molar-refractivity contribution in [2.24, 2.45) is 0 Å². The zero-order valence-corrected chi connectivity index (χ0v) is 9.26. The van der Waals surface area contributed by atoms with Crippen LogP contribution in [0.2, 0.25) is 0 Å². The van der Waals surface area contributed by atoms with Gasteiger partial charge in [0.2, 0.25) is 0 Å². The highest BCUT2D eigenvalue weighted by Gasteiger charge is 2.28. The Morgan fingerprint density at radius 3 is 2.94 bits per heavy atom. The molecule has 2 atom stereocenters. The first-order chi connectivity index (χ1) is 7.85. The quantitative estimate of drug-likeness (QED) is 0.841. The number of hydrogen-bond acceptors (Lipinski definition) is 4. The van der Waals surface area contributed by atoms with Crippen LogP contribution in [0, 0.1) is 0 Å². The molecule has 0 spiro atoms. The molecule has 0 aromatic heterocycles. The molecule has 1 aromatic rings. The number of para-hydroxylation sites is 1. The van der Waals surface area contributed by atoms with Crippen LogP contribution in [-0.2, 0) is 9.47 Å². The Hall–Kier alpha value is -1.10. The molecule has 0 bridgehead atoms. The van der Waals surface area contributed by atoms with Gasteiger partial charge in [-0.3, -0.25) is 0 Å². The summed E-state index contributed by atoms with van der Waals surface area (Å²) >= 11 is 0. The van der Waals surface area contributed by atoms with Gasteiger partial charge in [-0.25, -0.2) is 0 Å². The molecule has 0 amide bonds.